The largest absolute Gasteiger partial charge is 0.324 e. The highest BCUT2D eigenvalue weighted by Gasteiger charge is 2.11. The quantitative estimate of drug-likeness (QED) is 0.427. The summed E-state index contributed by atoms with van der Waals surface area (Å²) < 4.78 is 2.28. The zero-order valence-corrected chi connectivity index (χ0v) is 11.5. The van der Waals surface area contributed by atoms with Crippen molar-refractivity contribution < 1.29 is 0 Å². The van der Waals surface area contributed by atoms with Crippen molar-refractivity contribution in [3.63, 3.8) is 0 Å². The van der Waals surface area contributed by atoms with Gasteiger partial charge in [-0.25, -0.2) is 0 Å². The Balaban J connectivity index is 2.17. The molecule has 0 fully saturated rings. The van der Waals surface area contributed by atoms with Crippen LogP contribution in [0.2, 0.25) is 0 Å². The number of hydrazine groups is 1. The van der Waals surface area contributed by atoms with Gasteiger partial charge < -0.3 is 9.99 Å². The Morgan fingerprint density at radius 3 is 2.24 bits per heavy atom. The number of nitrogen functional groups attached to an aromatic ring is 1. The van der Waals surface area contributed by atoms with Gasteiger partial charge in [-0.15, -0.1) is 0 Å². The molecule has 0 aliphatic heterocycles. The first kappa shape index (κ1) is 12.0. The standard InChI is InChI=1S/C18H15N3/c19-20-13-10-11-18-16(12-13)15-8-4-5-9-17(15)21(18)14-6-2-1-3-7-14/h1-12,20H,19H2. The number of nitrogens with one attached hydrogen (secondary N) is 1. The Labute approximate surface area is 122 Å². The average molecular weight is 273 g/mol. The molecular formula is C18H15N3. The number of benzene rings is 3. The maximum atomic E-state index is 5.55. The van der Waals surface area contributed by atoms with Crippen molar-refractivity contribution in [3.05, 3.63) is 72.8 Å². The second-order valence-electron chi connectivity index (χ2n) is 5.06. The van der Waals surface area contributed by atoms with E-state index >= 15 is 0 Å². The summed E-state index contributed by atoms with van der Waals surface area (Å²) in [5, 5.41) is 2.43. The van der Waals surface area contributed by atoms with Crippen molar-refractivity contribution in [1.29, 1.82) is 0 Å². The monoisotopic (exact) mass is 273 g/mol. The number of nitrogens with zero attached hydrogens (tertiary/aromatic N) is 1. The lowest BCUT2D eigenvalue weighted by atomic mass is 10.1. The van der Waals surface area contributed by atoms with Crippen LogP contribution in [0, 0.1) is 0 Å². The van der Waals surface area contributed by atoms with Crippen LogP contribution in [0.4, 0.5) is 5.69 Å². The predicted octanol–water partition coefficient (Wildman–Crippen LogP) is 4.07. The molecule has 3 heteroatoms. The van der Waals surface area contributed by atoms with Gasteiger partial charge in [-0.1, -0.05) is 36.4 Å². The van der Waals surface area contributed by atoms with Gasteiger partial charge in [0.15, 0.2) is 0 Å². The van der Waals surface area contributed by atoms with E-state index in [2.05, 4.69) is 70.7 Å². The minimum Gasteiger partial charge on any atom is -0.324 e. The van der Waals surface area contributed by atoms with Gasteiger partial charge >= 0.3 is 0 Å². The number of hydrogen-bond donors (Lipinski definition) is 2. The van der Waals surface area contributed by atoms with Crippen LogP contribution in [0.3, 0.4) is 0 Å². The van der Waals surface area contributed by atoms with E-state index in [4.69, 9.17) is 5.84 Å². The van der Waals surface area contributed by atoms with Crippen molar-refractivity contribution in [1.82, 2.24) is 4.57 Å². The minimum absolute atomic E-state index is 0.915. The highest BCUT2D eigenvalue weighted by atomic mass is 15.2. The molecule has 0 spiro atoms. The van der Waals surface area contributed by atoms with Gasteiger partial charge in [0.25, 0.3) is 0 Å². The Kier molecular flexibility index (Phi) is 2.66. The van der Waals surface area contributed by atoms with E-state index in [1.54, 1.807) is 0 Å². The SMILES string of the molecule is NNc1ccc2c(c1)c1ccccc1n2-c1ccccc1. The van der Waals surface area contributed by atoms with E-state index in [0.717, 1.165) is 11.4 Å². The van der Waals surface area contributed by atoms with Crippen molar-refractivity contribution >= 4 is 27.5 Å². The summed E-state index contributed by atoms with van der Waals surface area (Å²) in [5.41, 5.74) is 7.19. The second kappa shape index (κ2) is 4.65. The molecule has 1 heterocycles. The Morgan fingerprint density at radius 2 is 1.43 bits per heavy atom. The zero-order chi connectivity index (χ0) is 14.2. The van der Waals surface area contributed by atoms with E-state index in [-0.39, 0.29) is 0 Å². The predicted molar refractivity (Wildman–Crippen MR) is 88.6 cm³/mol. The van der Waals surface area contributed by atoms with E-state index < -0.39 is 0 Å². The topological polar surface area (TPSA) is 43.0 Å². The molecule has 0 atom stereocenters. The molecule has 3 aromatic carbocycles. The highest BCUT2D eigenvalue weighted by molar-refractivity contribution is 6.10. The fourth-order valence-corrected chi connectivity index (χ4v) is 2.92. The molecule has 21 heavy (non-hydrogen) atoms. The van der Waals surface area contributed by atoms with Crippen LogP contribution in [0.1, 0.15) is 0 Å². The van der Waals surface area contributed by atoms with Crippen molar-refractivity contribution in [2.75, 3.05) is 5.43 Å². The molecule has 3 nitrogen and oxygen atoms in total. The number of rotatable bonds is 2. The lowest BCUT2D eigenvalue weighted by molar-refractivity contribution is 1.18. The van der Waals surface area contributed by atoms with Crippen molar-refractivity contribution in [2.24, 2.45) is 5.84 Å². The van der Waals surface area contributed by atoms with Crippen molar-refractivity contribution in [3.8, 4) is 5.69 Å². The third-order valence-electron chi connectivity index (χ3n) is 3.85. The number of anilines is 1. The first-order valence-electron chi connectivity index (χ1n) is 6.94. The lowest BCUT2D eigenvalue weighted by Crippen LogP contribution is -2.06. The van der Waals surface area contributed by atoms with Crippen LogP contribution in [-0.2, 0) is 0 Å². The Morgan fingerprint density at radius 1 is 0.714 bits per heavy atom. The van der Waals surface area contributed by atoms with Crippen LogP contribution in [0.15, 0.2) is 72.8 Å². The normalized spacial score (nSPS) is 11.1. The van der Waals surface area contributed by atoms with Crippen LogP contribution >= 0.6 is 0 Å². The number of fused-ring (bicyclic) bond motifs is 3. The number of hydrogen-bond acceptors (Lipinski definition) is 2. The van der Waals surface area contributed by atoms with E-state index in [1.165, 1.54) is 21.8 Å². The zero-order valence-electron chi connectivity index (χ0n) is 11.5. The van der Waals surface area contributed by atoms with Gasteiger partial charge in [0, 0.05) is 22.1 Å². The molecule has 0 unspecified atom stereocenters. The lowest BCUT2D eigenvalue weighted by Gasteiger charge is -2.07. The Hall–Kier alpha value is -2.78. The van der Waals surface area contributed by atoms with E-state index in [0.29, 0.717) is 0 Å². The van der Waals surface area contributed by atoms with Gasteiger partial charge in [-0.05, 0) is 36.4 Å². The maximum absolute atomic E-state index is 5.55. The molecule has 0 amide bonds. The fraction of sp³-hybridized carbons (Fsp3) is 0. The summed E-state index contributed by atoms with van der Waals surface area (Å²) in [6.45, 7) is 0. The first-order valence-corrected chi connectivity index (χ1v) is 6.94. The first-order chi connectivity index (χ1) is 10.4. The third-order valence-corrected chi connectivity index (χ3v) is 3.85. The average Bonchev–Trinajstić information content (AvgIpc) is 2.89. The molecule has 0 bridgehead atoms. The van der Waals surface area contributed by atoms with Crippen LogP contribution in [-0.4, -0.2) is 4.57 Å². The van der Waals surface area contributed by atoms with Crippen molar-refractivity contribution in [2.45, 2.75) is 0 Å². The number of aromatic nitrogens is 1. The minimum atomic E-state index is 0.915. The molecular weight excluding hydrogens is 258 g/mol. The second-order valence-corrected chi connectivity index (χ2v) is 5.06. The summed E-state index contributed by atoms with van der Waals surface area (Å²) in [4.78, 5) is 0. The molecule has 0 aliphatic rings. The fourth-order valence-electron chi connectivity index (χ4n) is 2.92. The van der Waals surface area contributed by atoms with Crippen LogP contribution in [0.5, 0.6) is 0 Å². The molecule has 1 aromatic heterocycles. The summed E-state index contributed by atoms with van der Waals surface area (Å²) in [6.07, 6.45) is 0. The van der Waals surface area contributed by atoms with Gasteiger partial charge in [-0.3, -0.25) is 5.84 Å². The van der Waals surface area contributed by atoms with E-state index in [9.17, 15) is 0 Å². The van der Waals surface area contributed by atoms with Gasteiger partial charge in [0.2, 0.25) is 0 Å². The number of para-hydroxylation sites is 2. The molecule has 102 valence electrons. The highest BCUT2D eigenvalue weighted by Crippen LogP contribution is 2.33. The van der Waals surface area contributed by atoms with Gasteiger partial charge in [0.1, 0.15) is 0 Å². The summed E-state index contributed by atoms with van der Waals surface area (Å²) in [6, 6.07) is 25.1. The molecule has 0 aliphatic carbocycles. The molecule has 0 radical (unpaired) electrons. The molecule has 3 N–H and O–H groups in total. The maximum Gasteiger partial charge on any atom is 0.0542 e. The smallest absolute Gasteiger partial charge is 0.0542 e. The summed E-state index contributed by atoms with van der Waals surface area (Å²) in [5.74, 6) is 5.55. The molecule has 4 aromatic rings. The van der Waals surface area contributed by atoms with Crippen LogP contribution in [0.25, 0.3) is 27.5 Å². The summed E-state index contributed by atoms with van der Waals surface area (Å²) >= 11 is 0. The van der Waals surface area contributed by atoms with Gasteiger partial charge in [0.05, 0.1) is 11.0 Å². The Bertz CT molecular complexity index is 923. The van der Waals surface area contributed by atoms with Gasteiger partial charge in [-0.2, -0.15) is 0 Å². The molecule has 0 saturated carbocycles. The molecule has 0 saturated heterocycles. The van der Waals surface area contributed by atoms with E-state index in [1.807, 2.05) is 12.1 Å². The third kappa shape index (κ3) is 1.79. The number of nitrogens with two attached hydrogens (primary N) is 1. The van der Waals surface area contributed by atoms with Crippen LogP contribution < -0.4 is 11.3 Å². The summed E-state index contributed by atoms with van der Waals surface area (Å²) in [7, 11) is 0. The molecule has 4 rings (SSSR count).